The molecule has 0 aromatic carbocycles. The second-order valence-corrected chi connectivity index (χ2v) is 7.53. The summed E-state index contributed by atoms with van der Waals surface area (Å²) in [5.74, 6) is 0.918. The van der Waals surface area contributed by atoms with Crippen LogP contribution in [0.3, 0.4) is 0 Å². The molecule has 0 amide bonds. The SMILES string of the molecule is Cn1nc(N)c2ccc([C@@H]3CCCN(CC4(O)CCOCC4)C3)nc21. The Balaban J connectivity index is 1.50. The van der Waals surface area contributed by atoms with Gasteiger partial charge in [-0.1, -0.05) is 0 Å². The number of anilines is 1. The van der Waals surface area contributed by atoms with E-state index in [9.17, 15) is 5.11 Å². The molecule has 2 fully saturated rings. The Kier molecular flexibility index (Phi) is 4.39. The van der Waals surface area contributed by atoms with Gasteiger partial charge in [0, 0.05) is 57.8 Å². The number of aryl methyl sites for hydroxylation is 1. The number of nitrogens with two attached hydrogens (primary N) is 1. The third kappa shape index (κ3) is 3.36. The molecule has 0 spiro atoms. The smallest absolute Gasteiger partial charge is 0.159 e. The second kappa shape index (κ2) is 6.55. The Morgan fingerprint density at radius 3 is 2.96 bits per heavy atom. The molecule has 2 saturated heterocycles. The van der Waals surface area contributed by atoms with Crippen LogP contribution in [0.4, 0.5) is 5.82 Å². The summed E-state index contributed by atoms with van der Waals surface area (Å²) in [6.45, 7) is 4.03. The predicted octanol–water partition coefficient (Wildman–Crippen LogP) is 1.27. The first kappa shape index (κ1) is 16.8. The Morgan fingerprint density at radius 1 is 1.36 bits per heavy atom. The van der Waals surface area contributed by atoms with E-state index in [1.807, 2.05) is 13.1 Å². The van der Waals surface area contributed by atoms with E-state index in [2.05, 4.69) is 16.1 Å². The number of nitrogen functional groups attached to an aromatic ring is 1. The number of nitrogens with zero attached hydrogens (tertiary/aromatic N) is 4. The normalized spacial score (nSPS) is 24.6. The lowest BCUT2D eigenvalue weighted by molar-refractivity contribution is -0.0824. The molecule has 7 heteroatoms. The minimum absolute atomic E-state index is 0.387. The maximum Gasteiger partial charge on any atom is 0.159 e. The molecule has 25 heavy (non-hydrogen) atoms. The topological polar surface area (TPSA) is 89.4 Å². The Morgan fingerprint density at radius 2 is 2.16 bits per heavy atom. The minimum atomic E-state index is -0.603. The molecule has 0 bridgehead atoms. The van der Waals surface area contributed by atoms with Crippen molar-refractivity contribution in [3.63, 3.8) is 0 Å². The molecule has 2 aromatic heterocycles. The Hall–Kier alpha value is -1.70. The minimum Gasteiger partial charge on any atom is -0.388 e. The molecule has 3 N–H and O–H groups in total. The summed E-state index contributed by atoms with van der Waals surface area (Å²) < 4.78 is 7.14. The van der Waals surface area contributed by atoms with Crippen LogP contribution in [-0.2, 0) is 11.8 Å². The van der Waals surface area contributed by atoms with Crippen LogP contribution in [0.25, 0.3) is 11.0 Å². The first-order valence-electron chi connectivity index (χ1n) is 9.16. The molecular weight excluding hydrogens is 318 g/mol. The standard InChI is InChI=1S/C18H27N5O2/c1-22-17-14(16(19)21-22)4-5-15(20-17)13-3-2-8-23(11-13)12-18(24)6-9-25-10-7-18/h4-5,13,24H,2-3,6-12H2,1H3,(H2,19,21)/t13-/m1/s1. The van der Waals surface area contributed by atoms with Gasteiger partial charge in [-0.3, -0.25) is 4.90 Å². The third-order valence-corrected chi connectivity index (χ3v) is 5.60. The van der Waals surface area contributed by atoms with Crippen LogP contribution in [0, 0.1) is 0 Å². The van der Waals surface area contributed by atoms with Gasteiger partial charge in [-0.25, -0.2) is 9.67 Å². The van der Waals surface area contributed by atoms with Gasteiger partial charge in [0.05, 0.1) is 11.0 Å². The number of likely N-dealkylation sites (tertiary alicyclic amines) is 1. The van der Waals surface area contributed by atoms with Gasteiger partial charge in [0.1, 0.15) is 0 Å². The van der Waals surface area contributed by atoms with Crippen molar-refractivity contribution < 1.29 is 9.84 Å². The predicted molar refractivity (Wildman–Crippen MR) is 96.3 cm³/mol. The van der Waals surface area contributed by atoms with Gasteiger partial charge >= 0.3 is 0 Å². The van der Waals surface area contributed by atoms with Gasteiger partial charge < -0.3 is 15.6 Å². The van der Waals surface area contributed by atoms with Crippen LogP contribution in [0.15, 0.2) is 12.1 Å². The van der Waals surface area contributed by atoms with E-state index >= 15 is 0 Å². The first-order chi connectivity index (χ1) is 12.0. The maximum absolute atomic E-state index is 10.8. The van der Waals surface area contributed by atoms with Crippen molar-refractivity contribution in [1.29, 1.82) is 0 Å². The van der Waals surface area contributed by atoms with E-state index in [0.29, 0.717) is 24.9 Å². The highest BCUT2D eigenvalue weighted by Gasteiger charge is 2.34. The van der Waals surface area contributed by atoms with Crippen molar-refractivity contribution in [2.75, 3.05) is 38.6 Å². The number of piperidine rings is 1. The maximum atomic E-state index is 10.8. The highest BCUT2D eigenvalue weighted by Crippen LogP contribution is 2.30. The number of aliphatic hydroxyl groups is 1. The average molecular weight is 345 g/mol. The molecule has 7 nitrogen and oxygen atoms in total. The molecule has 2 aromatic rings. The number of hydrogen-bond donors (Lipinski definition) is 2. The van der Waals surface area contributed by atoms with Gasteiger partial charge in [-0.15, -0.1) is 0 Å². The van der Waals surface area contributed by atoms with Crippen molar-refractivity contribution in [3.8, 4) is 0 Å². The van der Waals surface area contributed by atoms with Crippen LogP contribution in [-0.4, -0.2) is 63.2 Å². The number of pyridine rings is 1. The monoisotopic (exact) mass is 345 g/mol. The van der Waals surface area contributed by atoms with Crippen LogP contribution in [0.1, 0.15) is 37.3 Å². The molecule has 2 aliphatic rings. The van der Waals surface area contributed by atoms with Crippen LogP contribution < -0.4 is 5.73 Å². The van der Waals surface area contributed by atoms with Crippen molar-refractivity contribution in [2.24, 2.45) is 7.05 Å². The highest BCUT2D eigenvalue weighted by atomic mass is 16.5. The molecule has 4 heterocycles. The van der Waals surface area contributed by atoms with Gasteiger partial charge in [-0.05, 0) is 31.5 Å². The van der Waals surface area contributed by atoms with E-state index < -0.39 is 5.60 Å². The fraction of sp³-hybridized carbons (Fsp3) is 0.667. The van der Waals surface area contributed by atoms with E-state index in [0.717, 1.165) is 62.0 Å². The largest absolute Gasteiger partial charge is 0.388 e. The third-order valence-electron chi connectivity index (χ3n) is 5.60. The molecule has 0 radical (unpaired) electrons. The lowest BCUT2D eigenvalue weighted by atomic mass is 9.90. The number of rotatable bonds is 3. The quantitative estimate of drug-likeness (QED) is 0.871. The Bertz CT molecular complexity index is 753. The fourth-order valence-corrected chi connectivity index (χ4v) is 4.17. The van der Waals surface area contributed by atoms with Crippen molar-refractivity contribution in [1.82, 2.24) is 19.7 Å². The van der Waals surface area contributed by atoms with Crippen LogP contribution in [0.2, 0.25) is 0 Å². The van der Waals surface area contributed by atoms with Crippen molar-refractivity contribution >= 4 is 16.9 Å². The number of fused-ring (bicyclic) bond motifs is 1. The molecule has 0 aliphatic carbocycles. The zero-order chi connectivity index (χ0) is 17.4. The summed E-state index contributed by atoms with van der Waals surface area (Å²) in [7, 11) is 1.88. The van der Waals surface area contributed by atoms with Gasteiger partial charge in [0.25, 0.3) is 0 Å². The van der Waals surface area contributed by atoms with E-state index in [4.69, 9.17) is 15.5 Å². The molecule has 0 saturated carbocycles. The van der Waals surface area contributed by atoms with E-state index in [1.54, 1.807) is 4.68 Å². The fourth-order valence-electron chi connectivity index (χ4n) is 4.17. The Labute approximate surface area is 147 Å². The number of hydrogen-bond acceptors (Lipinski definition) is 6. The highest BCUT2D eigenvalue weighted by molar-refractivity contribution is 5.86. The summed E-state index contributed by atoms with van der Waals surface area (Å²) >= 11 is 0. The number of ether oxygens (including phenoxy) is 1. The lowest BCUT2D eigenvalue weighted by Gasteiger charge is -2.40. The van der Waals surface area contributed by atoms with Crippen LogP contribution in [0.5, 0.6) is 0 Å². The van der Waals surface area contributed by atoms with Gasteiger partial charge in [-0.2, -0.15) is 5.10 Å². The first-order valence-corrected chi connectivity index (χ1v) is 9.16. The number of aromatic nitrogens is 3. The van der Waals surface area contributed by atoms with Crippen molar-refractivity contribution in [2.45, 2.75) is 37.2 Å². The summed E-state index contributed by atoms with van der Waals surface area (Å²) in [6.07, 6.45) is 3.72. The summed E-state index contributed by atoms with van der Waals surface area (Å²) in [4.78, 5) is 7.22. The van der Waals surface area contributed by atoms with E-state index in [-0.39, 0.29) is 0 Å². The molecule has 1 atom stereocenters. The average Bonchev–Trinajstić information content (AvgIpc) is 2.89. The van der Waals surface area contributed by atoms with Gasteiger partial charge in [0.15, 0.2) is 11.5 Å². The zero-order valence-corrected chi connectivity index (χ0v) is 14.8. The molecule has 4 rings (SSSR count). The van der Waals surface area contributed by atoms with E-state index in [1.165, 1.54) is 0 Å². The molecular formula is C18H27N5O2. The second-order valence-electron chi connectivity index (χ2n) is 7.53. The molecule has 136 valence electrons. The lowest BCUT2D eigenvalue weighted by Crippen LogP contribution is -2.49. The summed E-state index contributed by atoms with van der Waals surface area (Å²) in [5.41, 5.74) is 7.26. The van der Waals surface area contributed by atoms with Crippen molar-refractivity contribution in [3.05, 3.63) is 17.8 Å². The zero-order valence-electron chi connectivity index (χ0n) is 14.8. The molecule has 0 unspecified atom stereocenters. The molecule has 2 aliphatic heterocycles. The summed E-state index contributed by atoms with van der Waals surface area (Å²) in [5, 5.41) is 16.0. The van der Waals surface area contributed by atoms with Gasteiger partial charge in [0.2, 0.25) is 0 Å². The number of β-amino-alcohol motifs (C(OH)–C–C–N with tert-alkyl or cyclic N) is 1. The summed E-state index contributed by atoms with van der Waals surface area (Å²) in [6, 6.07) is 4.11. The van der Waals surface area contributed by atoms with Crippen LogP contribution >= 0.6 is 0 Å².